The second-order valence-corrected chi connectivity index (χ2v) is 12.3. The van der Waals surface area contributed by atoms with Crippen molar-refractivity contribution in [2.75, 3.05) is 44.0 Å². The minimum atomic E-state index is -1.38. The van der Waals surface area contributed by atoms with Gasteiger partial charge in [-0.25, -0.2) is 8.78 Å². The molecule has 0 radical (unpaired) electrons. The quantitative estimate of drug-likeness (QED) is 0.177. The number of anilines is 2. The van der Waals surface area contributed by atoms with E-state index in [4.69, 9.17) is 14.2 Å². The normalized spacial score (nSPS) is 20.8. The number of methoxy groups -OCH3 is 1. The fourth-order valence-electron chi connectivity index (χ4n) is 5.85. The molecule has 250 valence electrons. The Balaban J connectivity index is 1.26. The van der Waals surface area contributed by atoms with E-state index in [9.17, 15) is 14.0 Å². The van der Waals surface area contributed by atoms with E-state index in [0.29, 0.717) is 35.8 Å². The number of aliphatic imine (C=N–C) groups is 1. The van der Waals surface area contributed by atoms with E-state index in [0.717, 1.165) is 32.1 Å². The van der Waals surface area contributed by atoms with E-state index < -0.39 is 40.3 Å². The lowest BCUT2D eigenvalue weighted by Crippen LogP contribution is -2.39. The highest BCUT2D eigenvalue weighted by Gasteiger charge is 2.71. The van der Waals surface area contributed by atoms with Gasteiger partial charge < -0.3 is 35.1 Å². The second-order valence-electron chi connectivity index (χ2n) is 12.3. The lowest BCUT2D eigenvalue weighted by atomic mass is 9.93. The molecular formula is C35H41F2N5O5. The average Bonchev–Trinajstić information content (AvgIpc) is 3.66. The Hall–Kier alpha value is -4.71. The van der Waals surface area contributed by atoms with Crippen LogP contribution in [-0.2, 0) is 19.1 Å². The topological polar surface area (TPSA) is 114 Å². The SMILES string of the molecule is CCN(CC)CCCOC1=CC2N=CNC(Oc3ccc(NC(=O)C4(C(=O)Nc5ccc(F)cc5)CC4(C)C)cc3F)=C2C=C1OC. The van der Waals surface area contributed by atoms with Gasteiger partial charge in [-0.3, -0.25) is 14.6 Å². The van der Waals surface area contributed by atoms with E-state index in [-0.39, 0.29) is 17.3 Å². The molecule has 3 N–H and O–H groups in total. The van der Waals surface area contributed by atoms with Gasteiger partial charge in [-0.05, 0) is 79.9 Å². The first-order valence-electron chi connectivity index (χ1n) is 15.7. The summed E-state index contributed by atoms with van der Waals surface area (Å²) in [6.07, 6.45) is 6.22. The number of hydrogen-bond acceptors (Lipinski definition) is 8. The molecule has 10 nitrogen and oxygen atoms in total. The molecule has 0 bridgehead atoms. The third-order valence-corrected chi connectivity index (χ3v) is 8.86. The fraction of sp³-hybridized carbons (Fsp3) is 0.400. The van der Waals surface area contributed by atoms with Gasteiger partial charge in [-0.15, -0.1) is 0 Å². The van der Waals surface area contributed by atoms with Crippen LogP contribution in [0, 0.1) is 22.5 Å². The third-order valence-electron chi connectivity index (χ3n) is 8.86. The second kappa shape index (κ2) is 14.0. The minimum Gasteiger partial charge on any atom is -0.493 e. The molecule has 5 rings (SSSR count). The standard InChI is InChI=1S/C35H41F2N5O5/c1-6-42(7-2)15-8-16-46-30-19-27-25(18-29(30)45-5)31(39-21-38-27)47-28-14-13-24(17-26(28)37)41-33(44)35(20-34(35,3)4)32(43)40-23-11-9-22(36)10-12-23/h9-14,17-19,21,27H,6-8,15-16,20H2,1-5H3,(H,38,39)(H,40,43)(H,41,44). The predicted octanol–water partition coefficient (Wildman–Crippen LogP) is 5.73. The molecule has 2 unspecified atom stereocenters. The van der Waals surface area contributed by atoms with Gasteiger partial charge in [-0.1, -0.05) is 27.7 Å². The summed E-state index contributed by atoms with van der Waals surface area (Å²) >= 11 is 0. The summed E-state index contributed by atoms with van der Waals surface area (Å²) in [5.41, 5.74) is -0.862. The summed E-state index contributed by atoms with van der Waals surface area (Å²) in [7, 11) is 1.55. The number of nitrogens with one attached hydrogen (secondary N) is 3. The molecule has 0 spiro atoms. The summed E-state index contributed by atoms with van der Waals surface area (Å²) in [6.45, 7) is 11.3. The Morgan fingerprint density at radius 1 is 1.02 bits per heavy atom. The van der Waals surface area contributed by atoms with Crippen molar-refractivity contribution in [1.29, 1.82) is 0 Å². The van der Waals surface area contributed by atoms with E-state index in [1.54, 1.807) is 13.2 Å². The summed E-state index contributed by atoms with van der Waals surface area (Å²) < 4.78 is 46.2. The van der Waals surface area contributed by atoms with Gasteiger partial charge in [-0.2, -0.15) is 0 Å². The Morgan fingerprint density at radius 3 is 2.30 bits per heavy atom. The number of carbonyl (C=O) groups excluding carboxylic acids is 2. The summed E-state index contributed by atoms with van der Waals surface area (Å²) in [6, 6.07) is 8.89. The number of fused-ring (bicyclic) bond motifs is 1. The highest BCUT2D eigenvalue weighted by Crippen LogP contribution is 2.64. The third kappa shape index (κ3) is 7.17. The van der Waals surface area contributed by atoms with Crippen LogP contribution in [0.25, 0.3) is 0 Å². The molecule has 0 saturated heterocycles. The van der Waals surface area contributed by atoms with E-state index in [2.05, 4.69) is 39.7 Å². The molecule has 2 aliphatic carbocycles. The Morgan fingerprint density at radius 2 is 1.68 bits per heavy atom. The van der Waals surface area contributed by atoms with Crippen LogP contribution in [0.4, 0.5) is 20.2 Å². The molecular weight excluding hydrogens is 608 g/mol. The molecule has 1 fully saturated rings. The molecule has 1 aliphatic heterocycles. The van der Waals surface area contributed by atoms with Crippen LogP contribution in [0.1, 0.15) is 40.5 Å². The van der Waals surface area contributed by atoms with E-state index in [1.807, 2.05) is 19.9 Å². The molecule has 12 heteroatoms. The number of ether oxygens (including phenoxy) is 3. The van der Waals surface area contributed by atoms with Crippen LogP contribution in [0.15, 0.2) is 82.6 Å². The van der Waals surface area contributed by atoms with E-state index >= 15 is 4.39 Å². The maximum absolute atomic E-state index is 15.4. The molecule has 2 aromatic rings. The molecule has 2 atom stereocenters. The van der Waals surface area contributed by atoms with Crippen LogP contribution in [0.3, 0.4) is 0 Å². The Kier molecular flexibility index (Phi) is 9.99. The van der Waals surface area contributed by atoms with Crippen molar-refractivity contribution in [3.63, 3.8) is 0 Å². The van der Waals surface area contributed by atoms with Crippen molar-refractivity contribution < 1.29 is 32.6 Å². The van der Waals surface area contributed by atoms with Gasteiger partial charge in [0.05, 0.1) is 20.1 Å². The summed E-state index contributed by atoms with van der Waals surface area (Å²) in [5, 5.41) is 8.33. The number of carbonyl (C=O) groups is 2. The van der Waals surface area contributed by atoms with Crippen molar-refractivity contribution in [3.8, 4) is 5.75 Å². The minimum absolute atomic E-state index is 0.0858. The lowest BCUT2D eigenvalue weighted by Gasteiger charge is -2.26. The molecule has 47 heavy (non-hydrogen) atoms. The maximum atomic E-state index is 15.4. The van der Waals surface area contributed by atoms with Crippen LogP contribution in [0.5, 0.6) is 5.75 Å². The monoisotopic (exact) mass is 649 g/mol. The highest BCUT2D eigenvalue weighted by molar-refractivity contribution is 6.18. The van der Waals surface area contributed by atoms with Gasteiger partial charge in [0.15, 0.2) is 23.1 Å². The van der Waals surface area contributed by atoms with Gasteiger partial charge in [0.1, 0.15) is 17.3 Å². The molecule has 1 saturated carbocycles. The molecule has 3 aliphatic rings. The summed E-state index contributed by atoms with van der Waals surface area (Å²) in [4.78, 5) is 33.5. The highest BCUT2D eigenvalue weighted by atomic mass is 19.1. The number of halogens is 2. The number of hydrogen-bond donors (Lipinski definition) is 3. The van der Waals surface area contributed by atoms with Crippen molar-refractivity contribution in [3.05, 3.63) is 89.2 Å². The Bertz CT molecular complexity index is 1630. The number of rotatable bonds is 14. The zero-order chi connectivity index (χ0) is 33.8. The maximum Gasteiger partial charge on any atom is 0.240 e. The Labute approximate surface area is 273 Å². The van der Waals surface area contributed by atoms with Gasteiger partial charge in [0.2, 0.25) is 17.7 Å². The zero-order valence-electron chi connectivity index (χ0n) is 27.3. The number of amides is 2. The van der Waals surface area contributed by atoms with E-state index in [1.165, 1.54) is 42.7 Å². The smallest absolute Gasteiger partial charge is 0.240 e. The van der Waals surface area contributed by atoms with Crippen LogP contribution < -0.4 is 20.7 Å². The number of nitrogens with zero attached hydrogens (tertiary/aromatic N) is 2. The average molecular weight is 650 g/mol. The van der Waals surface area contributed by atoms with Gasteiger partial charge >= 0.3 is 0 Å². The zero-order valence-corrected chi connectivity index (χ0v) is 27.3. The molecule has 2 amide bonds. The first-order chi connectivity index (χ1) is 22.5. The van der Waals surface area contributed by atoms with Gasteiger partial charge in [0, 0.05) is 29.6 Å². The fourth-order valence-corrected chi connectivity index (χ4v) is 5.85. The first kappa shape index (κ1) is 33.6. The van der Waals surface area contributed by atoms with Gasteiger partial charge in [0.25, 0.3) is 0 Å². The largest absolute Gasteiger partial charge is 0.493 e. The van der Waals surface area contributed by atoms with Crippen molar-refractivity contribution in [2.45, 2.75) is 46.6 Å². The van der Waals surface area contributed by atoms with Crippen LogP contribution >= 0.6 is 0 Å². The van der Waals surface area contributed by atoms with Crippen molar-refractivity contribution in [1.82, 2.24) is 10.2 Å². The predicted molar refractivity (Wildman–Crippen MR) is 175 cm³/mol. The molecule has 2 aromatic carbocycles. The number of benzene rings is 2. The molecule has 0 aromatic heterocycles. The lowest BCUT2D eigenvalue weighted by molar-refractivity contribution is -0.132. The molecule has 1 heterocycles. The van der Waals surface area contributed by atoms with Crippen molar-refractivity contribution >= 4 is 29.5 Å². The van der Waals surface area contributed by atoms with Crippen molar-refractivity contribution in [2.24, 2.45) is 15.8 Å². The van der Waals surface area contributed by atoms with Crippen LogP contribution in [0.2, 0.25) is 0 Å². The summed E-state index contributed by atoms with van der Waals surface area (Å²) in [5.74, 6) is -0.990. The first-order valence-corrected chi connectivity index (χ1v) is 15.7. The van der Waals surface area contributed by atoms with Crippen LogP contribution in [-0.4, -0.2) is 62.4 Å².